The molecule has 0 fully saturated rings. The van der Waals surface area contributed by atoms with Crippen LogP contribution in [0.2, 0.25) is 0 Å². The first-order chi connectivity index (χ1) is 7.24. The number of hydrogen-bond acceptors (Lipinski definition) is 1. The number of rotatable bonds is 0. The second-order valence-corrected chi connectivity index (χ2v) is 3.89. The van der Waals surface area contributed by atoms with Gasteiger partial charge in [0.25, 0.3) is 0 Å². The van der Waals surface area contributed by atoms with E-state index in [-0.39, 0.29) is 5.82 Å². The third-order valence-electron chi connectivity index (χ3n) is 2.87. The van der Waals surface area contributed by atoms with Crippen LogP contribution in [0.1, 0.15) is 11.1 Å². The molecule has 0 bridgehead atoms. The lowest BCUT2D eigenvalue weighted by Gasteiger charge is -2.01. The molecule has 15 heavy (non-hydrogen) atoms. The van der Waals surface area contributed by atoms with Crippen molar-refractivity contribution in [2.45, 2.75) is 6.42 Å². The van der Waals surface area contributed by atoms with Crippen molar-refractivity contribution in [2.24, 2.45) is 0 Å². The first kappa shape index (κ1) is 8.48. The van der Waals surface area contributed by atoms with Gasteiger partial charge in [-0.15, -0.1) is 0 Å². The van der Waals surface area contributed by atoms with Gasteiger partial charge in [-0.3, -0.25) is 0 Å². The van der Waals surface area contributed by atoms with Crippen molar-refractivity contribution < 1.29 is 4.39 Å². The largest absolute Gasteiger partial charge is 0.399 e. The Bertz CT molecular complexity index is 497. The third kappa shape index (κ3) is 1.22. The summed E-state index contributed by atoms with van der Waals surface area (Å²) in [7, 11) is 0. The van der Waals surface area contributed by atoms with Gasteiger partial charge >= 0.3 is 0 Å². The number of hydrogen-bond donors (Lipinski definition) is 1. The van der Waals surface area contributed by atoms with Gasteiger partial charge in [0.1, 0.15) is 5.82 Å². The number of nitrogen functional groups attached to an aromatic ring is 1. The first-order valence-corrected chi connectivity index (χ1v) is 4.91. The SMILES string of the molecule is Nc1ccc2c(c1)Cc1cc(F)ccc1-2. The van der Waals surface area contributed by atoms with E-state index in [2.05, 4.69) is 0 Å². The summed E-state index contributed by atoms with van der Waals surface area (Å²) >= 11 is 0. The lowest BCUT2D eigenvalue weighted by atomic mass is 10.1. The van der Waals surface area contributed by atoms with E-state index in [4.69, 9.17) is 5.73 Å². The fourth-order valence-corrected chi connectivity index (χ4v) is 2.20. The summed E-state index contributed by atoms with van der Waals surface area (Å²) in [5.74, 6) is -0.172. The molecule has 0 saturated carbocycles. The summed E-state index contributed by atoms with van der Waals surface area (Å²) in [5.41, 5.74) is 11.0. The van der Waals surface area contributed by atoms with Gasteiger partial charge in [0, 0.05) is 5.69 Å². The fraction of sp³-hybridized carbons (Fsp3) is 0.0769. The van der Waals surface area contributed by atoms with E-state index in [1.807, 2.05) is 24.3 Å². The van der Waals surface area contributed by atoms with Crippen molar-refractivity contribution in [1.82, 2.24) is 0 Å². The maximum absolute atomic E-state index is 13.0. The second-order valence-electron chi connectivity index (χ2n) is 3.89. The number of halogens is 1. The highest BCUT2D eigenvalue weighted by Crippen LogP contribution is 2.37. The van der Waals surface area contributed by atoms with Crippen LogP contribution in [0.25, 0.3) is 11.1 Å². The summed E-state index contributed by atoms with van der Waals surface area (Å²) in [4.78, 5) is 0. The molecule has 0 aliphatic heterocycles. The minimum Gasteiger partial charge on any atom is -0.399 e. The lowest BCUT2D eigenvalue weighted by molar-refractivity contribution is 0.626. The van der Waals surface area contributed by atoms with Gasteiger partial charge < -0.3 is 5.73 Å². The van der Waals surface area contributed by atoms with Crippen LogP contribution in [-0.2, 0) is 6.42 Å². The molecule has 74 valence electrons. The standard InChI is InChI=1S/C13H10FN/c14-10-1-3-12-8(6-10)5-9-7-11(15)2-4-13(9)12/h1-4,6-7H,5,15H2. The summed E-state index contributed by atoms with van der Waals surface area (Å²) in [6.45, 7) is 0. The monoisotopic (exact) mass is 199 g/mol. The smallest absolute Gasteiger partial charge is 0.123 e. The normalized spacial score (nSPS) is 12.3. The van der Waals surface area contributed by atoms with Gasteiger partial charge in [-0.1, -0.05) is 12.1 Å². The topological polar surface area (TPSA) is 26.0 Å². The molecule has 0 saturated heterocycles. The van der Waals surface area contributed by atoms with Crippen molar-refractivity contribution in [3.05, 3.63) is 53.3 Å². The van der Waals surface area contributed by atoms with Crippen molar-refractivity contribution in [1.29, 1.82) is 0 Å². The molecule has 2 aromatic carbocycles. The molecule has 0 spiro atoms. The highest BCUT2D eigenvalue weighted by atomic mass is 19.1. The predicted molar refractivity (Wildman–Crippen MR) is 59.1 cm³/mol. The Balaban J connectivity index is 2.24. The number of nitrogens with two attached hydrogens (primary N) is 1. The molecular formula is C13H10FN. The molecule has 0 aromatic heterocycles. The second kappa shape index (κ2) is 2.83. The maximum atomic E-state index is 13.0. The minimum atomic E-state index is -0.172. The molecule has 1 nitrogen and oxygen atoms in total. The molecular weight excluding hydrogens is 189 g/mol. The molecule has 2 N–H and O–H groups in total. The van der Waals surface area contributed by atoms with Crippen molar-refractivity contribution in [3.8, 4) is 11.1 Å². The molecule has 0 unspecified atom stereocenters. The van der Waals surface area contributed by atoms with Crippen LogP contribution in [0.15, 0.2) is 36.4 Å². The lowest BCUT2D eigenvalue weighted by Crippen LogP contribution is -1.86. The van der Waals surface area contributed by atoms with Gasteiger partial charge in [0.05, 0.1) is 0 Å². The van der Waals surface area contributed by atoms with Gasteiger partial charge in [0.2, 0.25) is 0 Å². The van der Waals surface area contributed by atoms with Crippen LogP contribution in [0.5, 0.6) is 0 Å². The average Bonchev–Trinajstić information content (AvgIpc) is 2.53. The Morgan fingerprint density at radius 3 is 2.40 bits per heavy atom. The van der Waals surface area contributed by atoms with Gasteiger partial charge in [-0.05, 0) is 52.9 Å². The molecule has 3 rings (SSSR count). The molecule has 0 radical (unpaired) electrons. The molecule has 0 atom stereocenters. The Morgan fingerprint density at radius 1 is 0.933 bits per heavy atom. The number of benzene rings is 2. The third-order valence-corrected chi connectivity index (χ3v) is 2.87. The Labute approximate surface area is 87.4 Å². The summed E-state index contributed by atoms with van der Waals surface area (Å²) < 4.78 is 13.0. The van der Waals surface area contributed by atoms with Crippen LogP contribution < -0.4 is 5.73 Å². The first-order valence-electron chi connectivity index (χ1n) is 4.91. The Hall–Kier alpha value is -1.83. The van der Waals surface area contributed by atoms with Crippen LogP contribution >= 0.6 is 0 Å². The average molecular weight is 199 g/mol. The zero-order chi connectivity index (χ0) is 10.4. The predicted octanol–water partition coefficient (Wildman–Crippen LogP) is 2.98. The molecule has 2 aromatic rings. The Kier molecular flexibility index (Phi) is 1.60. The highest BCUT2D eigenvalue weighted by Gasteiger charge is 2.18. The summed E-state index contributed by atoms with van der Waals surface area (Å²) in [6, 6.07) is 10.8. The fourth-order valence-electron chi connectivity index (χ4n) is 2.20. The van der Waals surface area contributed by atoms with E-state index >= 15 is 0 Å². The highest BCUT2D eigenvalue weighted by molar-refractivity contribution is 5.78. The van der Waals surface area contributed by atoms with E-state index in [9.17, 15) is 4.39 Å². The Morgan fingerprint density at radius 2 is 1.60 bits per heavy atom. The zero-order valence-corrected chi connectivity index (χ0v) is 8.13. The van der Waals surface area contributed by atoms with Crippen LogP contribution in [0, 0.1) is 5.82 Å². The van der Waals surface area contributed by atoms with Gasteiger partial charge in [0.15, 0.2) is 0 Å². The van der Waals surface area contributed by atoms with E-state index < -0.39 is 0 Å². The molecule has 2 heteroatoms. The number of fused-ring (bicyclic) bond motifs is 3. The van der Waals surface area contributed by atoms with Crippen LogP contribution in [0.4, 0.5) is 10.1 Å². The van der Waals surface area contributed by atoms with E-state index in [1.54, 1.807) is 6.07 Å². The molecule has 0 heterocycles. The van der Waals surface area contributed by atoms with E-state index in [0.29, 0.717) is 0 Å². The van der Waals surface area contributed by atoms with E-state index in [0.717, 1.165) is 23.2 Å². The van der Waals surface area contributed by atoms with Crippen molar-refractivity contribution >= 4 is 5.69 Å². The minimum absolute atomic E-state index is 0.172. The van der Waals surface area contributed by atoms with Crippen molar-refractivity contribution in [2.75, 3.05) is 5.73 Å². The van der Waals surface area contributed by atoms with Crippen LogP contribution in [-0.4, -0.2) is 0 Å². The number of anilines is 1. The van der Waals surface area contributed by atoms with Gasteiger partial charge in [-0.25, -0.2) is 4.39 Å². The molecule has 1 aliphatic rings. The quantitative estimate of drug-likeness (QED) is 0.553. The zero-order valence-electron chi connectivity index (χ0n) is 8.13. The summed E-state index contributed by atoms with van der Waals surface area (Å²) in [6.07, 6.45) is 0.785. The van der Waals surface area contributed by atoms with Crippen molar-refractivity contribution in [3.63, 3.8) is 0 Å². The summed E-state index contributed by atoms with van der Waals surface area (Å²) in [5, 5.41) is 0. The molecule has 1 aliphatic carbocycles. The van der Waals surface area contributed by atoms with Crippen LogP contribution in [0.3, 0.4) is 0 Å². The maximum Gasteiger partial charge on any atom is 0.123 e. The molecule has 0 amide bonds. The van der Waals surface area contributed by atoms with Gasteiger partial charge in [-0.2, -0.15) is 0 Å². The van der Waals surface area contributed by atoms with E-state index in [1.165, 1.54) is 17.2 Å².